The van der Waals surface area contributed by atoms with Crippen LogP contribution in [-0.2, 0) is 0 Å². The fraction of sp³-hybridized carbons (Fsp3) is 0.429. The molecule has 4 N–H and O–H groups in total. The molecule has 0 aliphatic carbocycles. The third-order valence-corrected chi connectivity index (χ3v) is 4.31. The molecule has 0 fully saturated rings. The van der Waals surface area contributed by atoms with Gasteiger partial charge in [-0.15, -0.1) is 0 Å². The highest BCUT2D eigenvalue weighted by atomic mass is 16.5. The van der Waals surface area contributed by atoms with Crippen LogP contribution >= 0.6 is 0 Å². The number of nitrogens with two attached hydrogens (primary N) is 2. The number of anilines is 2. The van der Waals surface area contributed by atoms with Gasteiger partial charge in [0.1, 0.15) is 11.5 Å². The zero-order valence-corrected chi connectivity index (χ0v) is 15.4. The lowest BCUT2D eigenvalue weighted by molar-refractivity contribution is 0.293. The Bertz CT molecular complexity index is 613. The van der Waals surface area contributed by atoms with Gasteiger partial charge in [-0.05, 0) is 74.2 Å². The maximum absolute atomic E-state index is 5.80. The second kappa shape index (κ2) is 9.82. The summed E-state index contributed by atoms with van der Waals surface area (Å²) in [5.41, 5.74) is 15.4. The molecule has 0 atom stereocenters. The minimum Gasteiger partial charge on any atom is -0.494 e. The number of ether oxygens (including phenoxy) is 2. The quantitative estimate of drug-likeness (QED) is 0.477. The molecule has 0 heterocycles. The van der Waals surface area contributed by atoms with Crippen LogP contribution in [0.25, 0.3) is 0 Å². The molecular weight excluding hydrogens is 312 g/mol. The van der Waals surface area contributed by atoms with E-state index in [1.807, 2.05) is 50.2 Å². The molecule has 4 heteroatoms. The normalized spacial score (nSPS) is 10.6. The van der Waals surface area contributed by atoms with E-state index in [2.05, 4.69) is 0 Å². The molecule has 25 heavy (non-hydrogen) atoms. The van der Waals surface area contributed by atoms with E-state index in [1.54, 1.807) is 0 Å². The highest BCUT2D eigenvalue weighted by Crippen LogP contribution is 2.20. The van der Waals surface area contributed by atoms with E-state index in [0.717, 1.165) is 60.1 Å². The third-order valence-electron chi connectivity index (χ3n) is 4.31. The summed E-state index contributed by atoms with van der Waals surface area (Å²) in [5.74, 6) is 1.80. The van der Waals surface area contributed by atoms with Gasteiger partial charge >= 0.3 is 0 Å². The highest BCUT2D eigenvalue weighted by molar-refractivity contribution is 5.50. The van der Waals surface area contributed by atoms with Crippen molar-refractivity contribution in [2.45, 2.75) is 46.0 Å². The van der Waals surface area contributed by atoms with Crippen LogP contribution < -0.4 is 20.9 Å². The van der Waals surface area contributed by atoms with Crippen molar-refractivity contribution >= 4 is 11.4 Å². The molecule has 0 unspecified atom stereocenters. The Morgan fingerprint density at radius 3 is 1.44 bits per heavy atom. The minimum absolute atomic E-state index is 0.755. The lowest BCUT2D eigenvalue weighted by atomic mass is 10.1. The van der Waals surface area contributed by atoms with Crippen LogP contribution in [0.15, 0.2) is 36.4 Å². The fourth-order valence-corrected chi connectivity index (χ4v) is 2.59. The van der Waals surface area contributed by atoms with Crippen LogP contribution in [0.4, 0.5) is 11.4 Å². The van der Waals surface area contributed by atoms with E-state index >= 15 is 0 Å². The molecule has 4 nitrogen and oxygen atoms in total. The van der Waals surface area contributed by atoms with Gasteiger partial charge in [0.15, 0.2) is 0 Å². The van der Waals surface area contributed by atoms with E-state index in [9.17, 15) is 0 Å². The summed E-state index contributed by atoms with van der Waals surface area (Å²) in [6.07, 6.45) is 5.70. The number of hydrogen-bond acceptors (Lipinski definition) is 4. The van der Waals surface area contributed by atoms with Crippen LogP contribution in [0.5, 0.6) is 11.5 Å². The maximum atomic E-state index is 5.80. The Hall–Kier alpha value is -2.36. The van der Waals surface area contributed by atoms with Gasteiger partial charge in [-0.25, -0.2) is 0 Å². The number of aryl methyl sites for hydroxylation is 2. The summed E-state index contributed by atoms with van der Waals surface area (Å²) in [7, 11) is 0. The predicted octanol–water partition coefficient (Wildman–Crippen LogP) is 4.88. The molecular formula is C21H30N2O2. The number of hydrogen-bond donors (Lipinski definition) is 2. The van der Waals surface area contributed by atoms with Gasteiger partial charge in [0, 0.05) is 11.4 Å². The highest BCUT2D eigenvalue weighted by Gasteiger charge is 1.99. The summed E-state index contributed by atoms with van der Waals surface area (Å²) < 4.78 is 11.5. The van der Waals surface area contributed by atoms with Crippen molar-refractivity contribution < 1.29 is 9.47 Å². The van der Waals surface area contributed by atoms with Crippen LogP contribution in [0.2, 0.25) is 0 Å². The average Bonchev–Trinajstić information content (AvgIpc) is 2.59. The zero-order chi connectivity index (χ0) is 18.1. The monoisotopic (exact) mass is 342 g/mol. The summed E-state index contributed by atoms with van der Waals surface area (Å²) >= 11 is 0. The third kappa shape index (κ3) is 6.57. The molecule has 2 aromatic carbocycles. The Labute approximate surface area is 151 Å². The van der Waals surface area contributed by atoms with Gasteiger partial charge in [0.25, 0.3) is 0 Å². The Morgan fingerprint density at radius 2 is 1.04 bits per heavy atom. The lowest BCUT2D eigenvalue weighted by Gasteiger charge is -2.09. The molecule has 2 rings (SSSR count). The molecule has 2 aromatic rings. The minimum atomic E-state index is 0.755. The smallest absolute Gasteiger partial charge is 0.119 e. The van der Waals surface area contributed by atoms with Crippen molar-refractivity contribution in [3.63, 3.8) is 0 Å². The van der Waals surface area contributed by atoms with Gasteiger partial charge in [-0.3, -0.25) is 0 Å². The van der Waals surface area contributed by atoms with Crippen LogP contribution in [0.1, 0.15) is 43.2 Å². The van der Waals surface area contributed by atoms with Crippen LogP contribution in [0, 0.1) is 13.8 Å². The van der Waals surface area contributed by atoms with E-state index < -0.39 is 0 Å². The molecule has 0 saturated heterocycles. The molecule has 136 valence electrons. The first-order valence-corrected chi connectivity index (χ1v) is 9.04. The Balaban J connectivity index is 1.49. The van der Waals surface area contributed by atoms with Crippen molar-refractivity contribution in [1.29, 1.82) is 0 Å². The number of benzene rings is 2. The van der Waals surface area contributed by atoms with Crippen LogP contribution in [0.3, 0.4) is 0 Å². The molecule has 0 spiro atoms. The van der Waals surface area contributed by atoms with Crippen molar-refractivity contribution in [2.24, 2.45) is 0 Å². The predicted molar refractivity (Wildman–Crippen MR) is 105 cm³/mol. The standard InChI is InChI=1S/C21H30N2O2/c1-16-14-18(8-10-20(16)22)24-12-6-4-3-5-7-13-25-19-9-11-21(23)17(2)15-19/h8-11,14-15H,3-7,12-13,22-23H2,1-2H3. The first-order valence-electron chi connectivity index (χ1n) is 9.04. The Morgan fingerprint density at radius 1 is 0.640 bits per heavy atom. The maximum Gasteiger partial charge on any atom is 0.119 e. The van der Waals surface area contributed by atoms with Gasteiger partial charge in [-0.2, -0.15) is 0 Å². The van der Waals surface area contributed by atoms with Crippen molar-refractivity contribution in [2.75, 3.05) is 24.7 Å². The van der Waals surface area contributed by atoms with Gasteiger partial charge < -0.3 is 20.9 Å². The van der Waals surface area contributed by atoms with Crippen molar-refractivity contribution in [1.82, 2.24) is 0 Å². The molecule has 0 aromatic heterocycles. The van der Waals surface area contributed by atoms with Crippen molar-refractivity contribution in [3.05, 3.63) is 47.5 Å². The summed E-state index contributed by atoms with van der Waals surface area (Å²) in [6, 6.07) is 11.6. The Kier molecular flexibility index (Phi) is 7.45. The van der Waals surface area contributed by atoms with E-state index in [1.165, 1.54) is 19.3 Å². The second-order valence-electron chi connectivity index (χ2n) is 6.50. The molecule has 0 radical (unpaired) electrons. The molecule has 0 bridgehead atoms. The summed E-state index contributed by atoms with van der Waals surface area (Å²) in [5, 5.41) is 0. The summed E-state index contributed by atoms with van der Waals surface area (Å²) in [6.45, 7) is 5.50. The van der Waals surface area contributed by atoms with E-state index in [-0.39, 0.29) is 0 Å². The summed E-state index contributed by atoms with van der Waals surface area (Å²) in [4.78, 5) is 0. The van der Waals surface area contributed by atoms with E-state index in [0.29, 0.717) is 0 Å². The van der Waals surface area contributed by atoms with Crippen molar-refractivity contribution in [3.8, 4) is 11.5 Å². The second-order valence-corrected chi connectivity index (χ2v) is 6.50. The molecule has 0 amide bonds. The number of rotatable bonds is 10. The first-order chi connectivity index (χ1) is 12.1. The van der Waals surface area contributed by atoms with Gasteiger partial charge in [-0.1, -0.05) is 19.3 Å². The zero-order valence-electron chi connectivity index (χ0n) is 15.4. The molecule has 0 saturated carbocycles. The topological polar surface area (TPSA) is 70.5 Å². The average molecular weight is 342 g/mol. The largest absolute Gasteiger partial charge is 0.494 e. The van der Waals surface area contributed by atoms with Gasteiger partial charge in [0.05, 0.1) is 13.2 Å². The molecule has 0 aliphatic rings. The first kappa shape index (κ1) is 19.0. The van der Waals surface area contributed by atoms with Crippen LogP contribution in [-0.4, -0.2) is 13.2 Å². The van der Waals surface area contributed by atoms with E-state index in [4.69, 9.17) is 20.9 Å². The number of nitrogen functional groups attached to an aromatic ring is 2. The van der Waals surface area contributed by atoms with Gasteiger partial charge in [0.2, 0.25) is 0 Å². The SMILES string of the molecule is Cc1cc(OCCCCCCCOc2ccc(N)c(C)c2)ccc1N. The fourth-order valence-electron chi connectivity index (χ4n) is 2.59. The lowest BCUT2D eigenvalue weighted by Crippen LogP contribution is -2.00. The number of unbranched alkanes of at least 4 members (excludes halogenated alkanes) is 4. The molecule has 0 aliphatic heterocycles.